The number of piperazine rings is 1. The number of hydrogen-bond acceptors (Lipinski definition) is 4. The number of aliphatic hydroxyl groups is 1. The maximum atomic E-state index is 9.02. The fourth-order valence-electron chi connectivity index (χ4n) is 3.20. The monoisotopic (exact) mass is 336 g/mol. The smallest absolute Gasteiger partial charge is 0.126 e. The van der Waals surface area contributed by atoms with Gasteiger partial charge in [0.05, 0.1) is 13.7 Å². The number of rotatable bonds is 5. The van der Waals surface area contributed by atoms with E-state index in [1.807, 2.05) is 0 Å². The van der Waals surface area contributed by atoms with Gasteiger partial charge in [0.2, 0.25) is 0 Å². The summed E-state index contributed by atoms with van der Waals surface area (Å²) >= 11 is 0. The van der Waals surface area contributed by atoms with E-state index in [4.69, 9.17) is 9.84 Å². The Hall–Kier alpha value is -1.33. The van der Waals surface area contributed by atoms with E-state index in [0.717, 1.165) is 45.0 Å². The molecule has 0 atom stereocenters. The minimum atomic E-state index is 0. The van der Waals surface area contributed by atoms with Crippen molar-refractivity contribution < 1.29 is 9.84 Å². The zero-order chi connectivity index (χ0) is 15.4. The molecule has 3 rings (SSSR count). The molecule has 1 fully saturated rings. The lowest BCUT2D eigenvalue weighted by Crippen LogP contribution is -2.46. The highest BCUT2D eigenvalue weighted by molar-refractivity contribution is 5.91. The number of benzene rings is 2. The largest absolute Gasteiger partial charge is 0.496 e. The molecule has 4 nitrogen and oxygen atoms in total. The van der Waals surface area contributed by atoms with E-state index in [2.05, 4.69) is 46.2 Å². The third-order valence-electron chi connectivity index (χ3n) is 4.47. The second-order valence-electron chi connectivity index (χ2n) is 5.81. The van der Waals surface area contributed by atoms with Crippen LogP contribution < -0.4 is 4.74 Å². The maximum absolute atomic E-state index is 9.02. The molecular weight excluding hydrogens is 312 g/mol. The summed E-state index contributed by atoms with van der Waals surface area (Å²) in [5.74, 6) is 0.937. The molecule has 0 bridgehead atoms. The van der Waals surface area contributed by atoms with Crippen molar-refractivity contribution in [2.24, 2.45) is 0 Å². The molecule has 5 heteroatoms. The Labute approximate surface area is 144 Å². The van der Waals surface area contributed by atoms with Gasteiger partial charge in [-0.3, -0.25) is 9.80 Å². The number of aliphatic hydroxyl groups excluding tert-OH is 1. The molecule has 23 heavy (non-hydrogen) atoms. The van der Waals surface area contributed by atoms with Crippen LogP contribution in [0.15, 0.2) is 36.4 Å². The molecule has 1 aliphatic rings. The highest BCUT2D eigenvalue weighted by Gasteiger charge is 2.17. The summed E-state index contributed by atoms with van der Waals surface area (Å²) in [5.41, 5.74) is 1.35. The lowest BCUT2D eigenvalue weighted by Gasteiger charge is -2.34. The van der Waals surface area contributed by atoms with Gasteiger partial charge >= 0.3 is 0 Å². The first-order valence-corrected chi connectivity index (χ1v) is 7.92. The highest BCUT2D eigenvalue weighted by Crippen LogP contribution is 2.29. The summed E-state index contributed by atoms with van der Waals surface area (Å²) in [4.78, 5) is 4.81. The average molecular weight is 337 g/mol. The zero-order valence-corrected chi connectivity index (χ0v) is 14.4. The molecule has 0 aliphatic carbocycles. The number of fused-ring (bicyclic) bond motifs is 1. The normalized spacial score (nSPS) is 16.3. The summed E-state index contributed by atoms with van der Waals surface area (Å²) in [5, 5.41) is 11.5. The SMILES string of the molecule is COc1ccc(CN2CCN(CCO)CC2)c2ccccc12.Cl. The summed E-state index contributed by atoms with van der Waals surface area (Å²) in [6.45, 7) is 6.20. The van der Waals surface area contributed by atoms with Gasteiger partial charge in [-0.05, 0) is 17.0 Å². The number of β-amino-alcohol motifs (C(OH)–C–C–N with tert-alkyl or cyclic N) is 1. The summed E-state index contributed by atoms with van der Waals surface area (Å²) < 4.78 is 5.47. The first-order valence-electron chi connectivity index (χ1n) is 7.92. The molecule has 1 heterocycles. The molecule has 2 aromatic carbocycles. The summed E-state index contributed by atoms with van der Waals surface area (Å²) in [6.07, 6.45) is 0. The Bertz CT molecular complexity index is 627. The highest BCUT2D eigenvalue weighted by atomic mass is 35.5. The van der Waals surface area contributed by atoms with Crippen LogP contribution in [0.4, 0.5) is 0 Å². The van der Waals surface area contributed by atoms with Gasteiger partial charge in [0.1, 0.15) is 5.75 Å². The van der Waals surface area contributed by atoms with Gasteiger partial charge in [0, 0.05) is 44.7 Å². The average Bonchev–Trinajstić information content (AvgIpc) is 2.57. The predicted molar refractivity (Wildman–Crippen MR) is 96.6 cm³/mol. The van der Waals surface area contributed by atoms with Crippen LogP contribution in [0.25, 0.3) is 10.8 Å². The number of halogens is 1. The van der Waals surface area contributed by atoms with E-state index >= 15 is 0 Å². The Kier molecular flexibility index (Phi) is 6.66. The molecule has 0 aromatic heterocycles. The molecule has 0 saturated carbocycles. The van der Waals surface area contributed by atoms with Crippen LogP contribution >= 0.6 is 12.4 Å². The van der Waals surface area contributed by atoms with E-state index in [-0.39, 0.29) is 19.0 Å². The number of ether oxygens (including phenoxy) is 1. The lowest BCUT2D eigenvalue weighted by molar-refractivity contribution is 0.109. The number of hydrogen-bond donors (Lipinski definition) is 1. The lowest BCUT2D eigenvalue weighted by atomic mass is 10.0. The third-order valence-corrected chi connectivity index (χ3v) is 4.47. The van der Waals surface area contributed by atoms with Crippen molar-refractivity contribution in [2.45, 2.75) is 6.54 Å². The minimum Gasteiger partial charge on any atom is -0.496 e. The minimum absolute atomic E-state index is 0. The molecule has 1 saturated heterocycles. The summed E-state index contributed by atoms with van der Waals surface area (Å²) in [7, 11) is 1.72. The van der Waals surface area contributed by atoms with Crippen LogP contribution in [0.2, 0.25) is 0 Å². The fraction of sp³-hybridized carbons (Fsp3) is 0.444. The van der Waals surface area contributed by atoms with Crippen LogP contribution in [0.3, 0.4) is 0 Å². The van der Waals surface area contributed by atoms with Crippen molar-refractivity contribution in [3.05, 3.63) is 42.0 Å². The van der Waals surface area contributed by atoms with E-state index in [0.29, 0.717) is 0 Å². The van der Waals surface area contributed by atoms with Crippen LogP contribution in [0.5, 0.6) is 5.75 Å². The predicted octanol–water partition coefficient (Wildman–Crippen LogP) is 2.38. The number of nitrogens with zero attached hydrogens (tertiary/aromatic N) is 2. The Morgan fingerprint density at radius 3 is 2.26 bits per heavy atom. The second-order valence-corrected chi connectivity index (χ2v) is 5.81. The quantitative estimate of drug-likeness (QED) is 0.909. The summed E-state index contributed by atoms with van der Waals surface area (Å²) in [6, 6.07) is 12.7. The van der Waals surface area contributed by atoms with Gasteiger partial charge in [-0.1, -0.05) is 30.3 Å². The topological polar surface area (TPSA) is 35.9 Å². The van der Waals surface area contributed by atoms with Crippen LogP contribution in [-0.4, -0.2) is 61.3 Å². The van der Waals surface area contributed by atoms with Crippen molar-refractivity contribution >= 4 is 23.2 Å². The molecule has 0 amide bonds. The van der Waals surface area contributed by atoms with Crippen molar-refractivity contribution in [3.8, 4) is 5.75 Å². The molecule has 0 unspecified atom stereocenters. The molecule has 2 aromatic rings. The van der Waals surface area contributed by atoms with E-state index in [1.165, 1.54) is 16.3 Å². The van der Waals surface area contributed by atoms with E-state index in [9.17, 15) is 0 Å². The van der Waals surface area contributed by atoms with Crippen LogP contribution in [0, 0.1) is 0 Å². The molecule has 0 spiro atoms. The first kappa shape index (κ1) is 18.0. The van der Waals surface area contributed by atoms with Crippen LogP contribution in [-0.2, 0) is 6.54 Å². The third kappa shape index (κ3) is 4.15. The number of methoxy groups -OCH3 is 1. The van der Waals surface area contributed by atoms with Gasteiger partial charge in [0.15, 0.2) is 0 Å². The molecule has 1 aliphatic heterocycles. The maximum Gasteiger partial charge on any atom is 0.126 e. The Balaban J connectivity index is 0.00000192. The standard InChI is InChI=1S/C18H24N2O2.ClH/c1-22-18-7-6-15(16-4-2-3-5-17(16)18)14-20-10-8-19(9-11-20)12-13-21;/h2-7,21H,8-14H2,1H3;1H. The van der Waals surface area contributed by atoms with Gasteiger partial charge in [-0.2, -0.15) is 0 Å². The zero-order valence-electron chi connectivity index (χ0n) is 13.6. The van der Waals surface area contributed by atoms with Gasteiger partial charge in [-0.15, -0.1) is 12.4 Å². The van der Waals surface area contributed by atoms with Crippen molar-refractivity contribution in [3.63, 3.8) is 0 Å². The molecule has 1 N–H and O–H groups in total. The van der Waals surface area contributed by atoms with Crippen molar-refractivity contribution in [1.29, 1.82) is 0 Å². The van der Waals surface area contributed by atoms with Crippen molar-refractivity contribution in [1.82, 2.24) is 9.80 Å². The van der Waals surface area contributed by atoms with Crippen LogP contribution in [0.1, 0.15) is 5.56 Å². The van der Waals surface area contributed by atoms with Gasteiger partial charge < -0.3 is 9.84 Å². The fourth-order valence-corrected chi connectivity index (χ4v) is 3.20. The second kappa shape index (κ2) is 8.50. The van der Waals surface area contributed by atoms with E-state index < -0.39 is 0 Å². The van der Waals surface area contributed by atoms with Gasteiger partial charge in [-0.25, -0.2) is 0 Å². The molecular formula is C18H25ClN2O2. The van der Waals surface area contributed by atoms with E-state index in [1.54, 1.807) is 7.11 Å². The molecule has 0 radical (unpaired) electrons. The first-order chi connectivity index (χ1) is 10.8. The van der Waals surface area contributed by atoms with Gasteiger partial charge in [0.25, 0.3) is 0 Å². The van der Waals surface area contributed by atoms with Crippen molar-refractivity contribution in [2.75, 3.05) is 46.4 Å². The Morgan fingerprint density at radius 2 is 1.61 bits per heavy atom. The Morgan fingerprint density at radius 1 is 0.957 bits per heavy atom. The molecule has 126 valence electrons.